The molecule has 0 aliphatic heterocycles. The van der Waals surface area contributed by atoms with E-state index in [1.807, 2.05) is 6.92 Å². The number of hydrogen-bond donors (Lipinski definition) is 2. The van der Waals surface area contributed by atoms with Crippen LogP contribution in [-0.4, -0.2) is 35.2 Å². The molecule has 2 bridgehead atoms. The van der Waals surface area contributed by atoms with E-state index in [4.69, 9.17) is 4.74 Å². The van der Waals surface area contributed by atoms with E-state index in [9.17, 15) is 24.6 Å². The van der Waals surface area contributed by atoms with Crippen LogP contribution < -0.4 is 0 Å². The smallest absolute Gasteiger partial charge is 0.312 e. The van der Waals surface area contributed by atoms with Crippen molar-refractivity contribution in [3.8, 4) is 0 Å². The molecule has 0 unspecified atom stereocenters. The highest BCUT2D eigenvalue weighted by atomic mass is 16.5. The van der Waals surface area contributed by atoms with Gasteiger partial charge in [0.15, 0.2) is 0 Å². The van der Waals surface area contributed by atoms with E-state index >= 15 is 0 Å². The summed E-state index contributed by atoms with van der Waals surface area (Å²) < 4.78 is 4.97. The molecule has 0 spiro atoms. The molecule has 0 aromatic rings. The Morgan fingerprint density at radius 2 is 1.81 bits per heavy atom. The fourth-order valence-corrected chi connectivity index (χ4v) is 6.93. The summed E-state index contributed by atoms with van der Waals surface area (Å²) in [7, 11) is 1.28. The maximum Gasteiger partial charge on any atom is 0.312 e. The second-order valence-electron chi connectivity index (χ2n) is 9.37. The topological polar surface area (TPSA) is 101 Å². The third kappa shape index (κ3) is 2.63. The van der Waals surface area contributed by atoms with Gasteiger partial charge in [0.2, 0.25) is 0 Å². The number of carbonyl (C=O) groups excluding carboxylic acids is 1. The van der Waals surface area contributed by atoms with Crippen LogP contribution in [0.15, 0.2) is 12.2 Å². The van der Waals surface area contributed by atoms with E-state index in [0.717, 1.165) is 12.0 Å². The van der Waals surface area contributed by atoms with Gasteiger partial charge in [-0.2, -0.15) is 0 Å². The lowest BCUT2D eigenvalue weighted by atomic mass is 9.46. The van der Waals surface area contributed by atoms with Crippen LogP contribution in [0.2, 0.25) is 0 Å². The molecule has 150 valence electrons. The molecular weight excluding hydrogens is 348 g/mol. The van der Waals surface area contributed by atoms with Crippen molar-refractivity contribution >= 4 is 17.9 Å². The lowest BCUT2D eigenvalue weighted by Crippen LogP contribution is -2.59. The van der Waals surface area contributed by atoms with Crippen molar-refractivity contribution in [2.45, 2.75) is 58.8 Å². The molecule has 3 saturated carbocycles. The van der Waals surface area contributed by atoms with Gasteiger partial charge in [0.25, 0.3) is 0 Å². The number of hydrogen-bond acceptors (Lipinski definition) is 4. The molecule has 0 aromatic heterocycles. The standard InChI is InChI=1S/C21H30O6/c1-12-10-21(17(24)25)11-13(12)6-7-14(21)19(2)8-5-9-20(3,18(26)27-4)15(19)16(22)23/h13-15H,1,5-11H2,2-4H3,(H,22,23)(H,24,25)/t13-,14-,15-,19-,20+,21-/m0/s1. The summed E-state index contributed by atoms with van der Waals surface area (Å²) in [6, 6.07) is 0. The molecule has 0 aromatic carbocycles. The minimum absolute atomic E-state index is 0.208. The minimum Gasteiger partial charge on any atom is -0.481 e. The van der Waals surface area contributed by atoms with Crippen LogP contribution in [0.5, 0.6) is 0 Å². The highest BCUT2D eigenvalue weighted by Crippen LogP contribution is 2.67. The molecule has 6 atom stereocenters. The molecule has 6 nitrogen and oxygen atoms in total. The molecule has 0 saturated heterocycles. The van der Waals surface area contributed by atoms with Crippen LogP contribution in [0.1, 0.15) is 58.8 Å². The van der Waals surface area contributed by atoms with Crippen LogP contribution in [0.25, 0.3) is 0 Å². The Morgan fingerprint density at radius 1 is 1.15 bits per heavy atom. The number of rotatable bonds is 4. The summed E-state index contributed by atoms with van der Waals surface area (Å²) in [5.74, 6) is -3.48. The van der Waals surface area contributed by atoms with Gasteiger partial charge in [0.05, 0.1) is 23.9 Å². The van der Waals surface area contributed by atoms with E-state index < -0.39 is 40.1 Å². The minimum atomic E-state index is -1.15. The second kappa shape index (κ2) is 6.35. The predicted molar refractivity (Wildman–Crippen MR) is 97.9 cm³/mol. The first-order valence-electron chi connectivity index (χ1n) is 9.75. The van der Waals surface area contributed by atoms with Crippen molar-refractivity contribution in [3.05, 3.63) is 12.2 Å². The first-order chi connectivity index (χ1) is 12.5. The quantitative estimate of drug-likeness (QED) is 0.573. The average molecular weight is 378 g/mol. The number of esters is 1. The van der Waals surface area contributed by atoms with E-state index in [2.05, 4.69) is 6.58 Å². The Hall–Kier alpha value is -1.85. The highest BCUT2D eigenvalue weighted by molar-refractivity contribution is 5.85. The third-order valence-electron chi connectivity index (χ3n) is 8.03. The maximum atomic E-state index is 12.6. The molecule has 0 heterocycles. The van der Waals surface area contributed by atoms with Gasteiger partial charge in [-0.15, -0.1) is 0 Å². The van der Waals surface area contributed by atoms with Gasteiger partial charge in [-0.3, -0.25) is 14.4 Å². The first-order valence-corrected chi connectivity index (χ1v) is 9.75. The fraction of sp³-hybridized carbons (Fsp3) is 0.762. The Morgan fingerprint density at radius 3 is 2.37 bits per heavy atom. The Bertz CT molecular complexity index is 699. The predicted octanol–water partition coefficient (Wildman–Crippen LogP) is 3.50. The zero-order chi connectivity index (χ0) is 20.2. The molecule has 2 N–H and O–H groups in total. The van der Waals surface area contributed by atoms with Crippen LogP contribution >= 0.6 is 0 Å². The lowest BCUT2D eigenvalue weighted by molar-refractivity contribution is -0.190. The van der Waals surface area contributed by atoms with E-state index in [1.54, 1.807) is 6.92 Å². The monoisotopic (exact) mass is 378 g/mol. The number of methoxy groups -OCH3 is 1. The number of carboxylic acids is 2. The van der Waals surface area contributed by atoms with Crippen molar-refractivity contribution in [1.82, 2.24) is 0 Å². The molecule has 3 aliphatic carbocycles. The first kappa shape index (κ1) is 19.9. The molecule has 3 aliphatic rings. The molecule has 3 rings (SSSR count). The fourth-order valence-electron chi connectivity index (χ4n) is 6.93. The van der Waals surface area contributed by atoms with Crippen molar-refractivity contribution in [1.29, 1.82) is 0 Å². The largest absolute Gasteiger partial charge is 0.481 e. The number of aliphatic carboxylic acids is 2. The molecule has 3 fully saturated rings. The molecular formula is C21H30O6. The summed E-state index contributed by atoms with van der Waals surface area (Å²) in [6.45, 7) is 7.66. The molecule has 0 amide bonds. The highest BCUT2D eigenvalue weighted by Gasteiger charge is 2.66. The molecule has 27 heavy (non-hydrogen) atoms. The van der Waals surface area contributed by atoms with Crippen molar-refractivity contribution in [2.24, 2.45) is 34.0 Å². The van der Waals surface area contributed by atoms with Crippen molar-refractivity contribution in [3.63, 3.8) is 0 Å². The summed E-state index contributed by atoms with van der Waals surface area (Å²) in [4.78, 5) is 37.4. The molecule has 0 radical (unpaired) electrons. The third-order valence-corrected chi connectivity index (χ3v) is 8.03. The second-order valence-corrected chi connectivity index (χ2v) is 9.37. The van der Waals surface area contributed by atoms with Crippen molar-refractivity contribution < 1.29 is 29.3 Å². The van der Waals surface area contributed by atoms with Gasteiger partial charge in [-0.05, 0) is 62.7 Å². The zero-order valence-corrected chi connectivity index (χ0v) is 16.4. The van der Waals surface area contributed by atoms with Crippen LogP contribution in [-0.2, 0) is 19.1 Å². The summed E-state index contributed by atoms with van der Waals surface area (Å²) in [5, 5.41) is 20.3. The zero-order valence-electron chi connectivity index (χ0n) is 16.4. The van der Waals surface area contributed by atoms with Gasteiger partial charge in [-0.25, -0.2) is 0 Å². The van der Waals surface area contributed by atoms with Gasteiger partial charge in [0.1, 0.15) is 0 Å². The van der Waals surface area contributed by atoms with E-state index in [-0.39, 0.29) is 11.8 Å². The normalized spacial score (nSPS) is 44.0. The number of allylic oxidation sites excluding steroid dienone is 1. The van der Waals surface area contributed by atoms with Gasteiger partial charge in [0, 0.05) is 0 Å². The summed E-state index contributed by atoms with van der Waals surface area (Å²) in [5.41, 5.74) is -1.95. The van der Waals surface area contributed by atoms with Crippen LogP contribution in [0.4, 0.5) is 0 Å². The Kier molecular flexibility index (Phi) is 4.68. The SMILES string of the molecule is C=C1C[C@]2(C(=O)O)C[C@@H]1CC[C@H]2[C@]1(C)CCC[C@@](C)(C(=O)OC)[C@H]1C(=O)O. The van der Waals surface area contributed by atoms with Gasteiger partial charge in [-0.1, -0.05) is 25.5 Å². The van der Waals surface area contributed by atoms with E-state index in [0.29, 0.717) is 38.5 Å². The van der Waals surface area contributed by atoms with Crippen LogP contribution in [0, 0.1) is 34.0 Å². The lowest BCUT2D eigenvalue weighted by Gasteiger charge is -2.56. The summed E-state index contributed by atoms with van der Waals surface area (Å²) in [6.07, 6.45) is 4.17. The van der Waals surface area contributed by atoms with Crippen molar-refractivity contribution in [2.75, 3.05) is 7.11 Å². The average Bonchev–Trinajstić information content (AvgIpc) is 2.84. The number of ether oxygens (including phenoxy) is 1. The van der Waals surface area contributed by atoms with Crippen LogP contribution in [0.3, 0.4) is 0 Å². The van der Waals surface area contributed by atoms with Gasteiger partial charge >= 0.3 is 17.9 Å². The Labute approximate surface area is 160 Å². The maximum absolute atomic E-state index is 12.6. The van der Waals surface area contributed by atoms with Gasteiger partial charge < -0.3 is 14.9 Å². The molecule has 6 heteroatoms. The number of carbonyl (C=O) groups is 3. The summed E-state index contributed by atoms with van der Waals surface area (Å²) >= 11 is 0. The number of carboxylic acid groups (broad SMARTS) is 2. The number of fused-ring (bicyclic) bond motifs is 2. The van der Waals surface area contributed by atoms with E-state index in [1.165, 1.54) is 7.11 Å². The Balaban J connectivity index is 2.12.